The summed E-state index contributed by atoms with van der Waals surface area (Å²) in [4.78, 5) is 28.0. The van der Waals surface area contributed by atoms with Crippen LogP contribution in [0.25, 0.3) is 0 Å². The molecule has 0 heterocycles. The van der Waals surface area contributed by atoms with E-state index < -0.39 is 28.5 Å². The number of rotatable bonds is 11. The van der Waals surface area contributed by atoms with Gasteiger partial charge in [-0.2, -0.15) is 0 Å². The van der Waals surface area contributed by atoms with Crippen molar-refractivity contribution in [1.82, 2.24) is 10.2 Å². The van der Waals surface area contributed by atoms with Gasteiger partial charge in [0.25, 0.3) is 0 Å². The number of hydrogen-bond donors (Lipinski definition) is 1. The molecule has 0 radical (unpaired) electrons. The van der Waals surface area contributed by atoms with Crippen molar-refractivity contribution in [2.24, 2.45) is 5.92 Å². The second-order valence-corrected chi connectivity index (χ2v) is 11.2. The van der Waals surface area contributed by atoms with Gasteiger partial charge in [0.05, 0.1) is 11.9 Å². The Kier molecular flexibility index (Phi) is 10.2. The van der Waals surface area contributed by atoms with E-state index in [2.05, 4.69) is 5.32 Å². The predicted molar refractivity (Wildman–Crippen MR) is 138 cm³/mol. The van der Waals surface area contributed by atoms with Gasteiger partial charge >= 0.3 is 0 Å². The molecule has 0 saturated carbocycles. The first-order chi connectivity index (χ1) is 15.9. The zero-order valence-corrected chi connectivity index (χ0v) is 22.1. The summed E-state index contributed by atoms with van der Waals surface area (Å²) in [5, 5.41) is 3.77. The molecule has 0 unspecified atom stereocenters. The molecular weight excluding hydrogens is 497 g/mol. The Morgan fingerprint density at radius 3 is 2.18 bits per heavy atom. The summed E-state index contributed by atoms with van der Waals surface area (Å²) in [6.45, 7) is 5.81. The van der Waals surface area contributed by atoms with Crippen LogP contribution in [-0.4, -0.2) is 50.5 Å². The molecule has 0 bridgehead atoms. The number of sulfonamides is 1. The summed E-state index contributed by atoms with van der Waals surface area (Å²) in [7, 11) is -3.80. The first kappa shape index (κ1) is 28.0. The highest BCUT2D eigenvalue weighted by Gasteiger charge is 2.32. The average molecular weight is 529 g/mol. The van der Waals surface area contributed by atoms with Crippen LogP contribution in [0.4, 0.5) is 5.69 Å². The Labute approximate surface area is 212 Å². The zero-order chi connectivity index (χ0) is 25.5. The molecule has 2 aromatic carbocycles. The highest BCUT2D eigenvalue weighted by molar-refractivity contribution is 7.92. The molecule has 7 nitrogen and oxygen atoms in total. The average Bonchev–Trinajstić information content (AvgIpc) is 2.77. The third-order valence-corrected chi connectivity index (χ3v) is 6.92. The standard InChI is InChI=1S/C24H31Cl2N3O4S/c1-5-22(24(31)27-14-17(2)3)28(15-18-8-6-7-9-21(18)26)23(30)16-29(34(4,32)33)20-12-10-19(25)11-13-20/h6-13,17,22H,5,14-16H2,1-4H3,(H,27,31)/t22-/m0/s1. The Balaban J connectivity index is 2.42. The SMILES string of the molecule is CC[C@@H](C(=O)NCC(C)C)N(Cc1ccccc1Cl)C(=O)CN(c1ccc(Cl)cc1)S(C)(=O)=O. The number of nitrogens with one attached hydrogen (secondary N) is 1. The molecule has 2 amide bonds. The lowest BCUT2D eigenvalue weighted by molar-refractivity contribution is -0.140. The largest absolute Gasteiger partial charge is 0.354 e. The van der Waals surface area contributed by atoms with E-state index in [1.807, 2.05) is 13.8 Å². The van der Waals surface area contributed by atoms with Crippen LogP contribution in [0.2, 0.25) is 10.0 Å². The van der Waals surface area contributed by atoms with Gasteiger partial charge in [-0.1, -0.05) is 62.2 Å². The van der Waals surface area contributed by atoms with Gasteiger partial charge in [-0.3, -0.25) is 13.9 Å². The predicted octanol–water partition coefficient (Wildman–Crippen LogP) is 4.34. The van der Waals surface area contributed by atoms with E-state index >= 15 is 0 Å². The van der Waals surface area contributed by atoms with E-state index in [1.54, 1.807) is 43.3 Å². The van der Waals surface area contributed by atoms with E-state index in [-0.39, 0.29) is 18.4 Å². The second-order valence-electron chi connectivity index (χ2n) is 8.42. The molecule has 1 N–H and O–H groups in total. The zero-order valence-electron chi connectivity index (χ0n) is 19.8. The Bertz CT molecular complexity index is 1090. The number of benzene rings is 2. The lowest BCUT2D eigenvalue weighted by Crippen LogP contribution is -2.52. The Morgan fingerprint density at radius 2 is 1.65 bits per heavy atom. The molecule has 0 aliphatic rings. The minimum Gasteiger partial charge on any atom is -0.354 e. The maximum atomic E-state index is 13.6. The van der Waals surface area contributed by atoms with E-state index in [0.717, 1.165) is 10.6 Å². The van der Waals surface area contributed by atoms with Gasteiger partial charge < -0.3 is 10.2 Å². The number of hydrogen-bond acceptors (Lipinski definition) is 4. The monoisotopic (exact) mass is 527 g/mol. The normalized spacial score (nSPS) is 12.3. The first-order valence-electron chi connectivity index (χ1n) is 11.0. The van der Waals surface area contributed by atoms with Gasteiger partial charge in [0, 0.05) is 23.1 Å². The summed E-state index contributed by atoms with van der Waals surface area (Å²) in [6.07, 6.45) is 1.37. The lowest BCUT2D eigenvalue weighted by Gasteiger charge is -2.33. The van der Waals surface area contributed by atoms with Crippen molar-refractivity contribution in [2.45, 2.75) is 39.8 Å². The Hall–Kier alpha value is -2.29. The molecule has 34 heavy (non-hydrogen) atoms. The number of anilines is 1. The quantitative estimate of drug-likeness (QED) is 0.470. The third kappa shape index (κ3) is 7.89. The maximum absolute atomic E-state index is 13.6. The molecule has 0 saturated heterocycles. The van der Waals surface area contributed by atoms with Gasteiger partial charge in [0.2, 0.25) is 21.8 Å². The van der Waals surface area contributed by atoms with Crippen LogP contribution >= 0.6 is 23.2 Å². The Morgan fingerprint density at radius 1 is 1.03 bits per heavy atom. The molecule has 0 spiro atoms. The van der Waals surface area contributed by atoms with Gasteiger partial charge in [0.1, 0.15) is 12.6 Å². The molecular formula is C24H31Cl2N3O4S. The summed E-state index contributed by atoms with van der Waals surface area (Å²) < 4.78 is 26.1. The van der Waals surface area contributed by atoms with Crippen LogP contribution in [0.5, 0.6) is 0 Å². The molecule has 186 valence electrons. The highest BCUT2D eigenvalue weighted by Crippen LogP contribution is 2.23. The van der Waals surface area contributed by atoms with Crippen LogP contribution in [0, 0.1) is 5.92 Å². The molecule has 0 aliphatic heterocycles. The van der Waals surface area contributed by atoms with E-state index in [0.29, 0.717) is 34.3 Å². The number of carbonyl (C=O) groups is 2. The minimum absolute atomic E-state index is 0.0599. The van der Waals surface area contributed by atoms with Crippen molar-refractivity contribution in [3.63, 3.8) is 0 Å². The van der Waals surface area contributed by atoms with Crippen molar-refractivity contribution in [3.05, 3.63) is 64.1 Å². The number of halogens is 2. The molecule has 1 atom stereocenters. The first-order valence-corrected chi connectivity index (χ1v) is 13.6. The molecule has 10 heteroatoms. The van der Waals surface area contributed by atoms with Gasteiger partial charge in [0.15, 0.2) is 0 Å². The van der Waals surface area contributed by atoms with Crippen molar-refractivity contribution >= 4 is 50.7 Å². The van der Waals surface area contributed by atoms with Crippen molar-refractivity contribution in [2.75, 3.05) is 23.7 Å². The molecule has 0 fully saturated rings. The number of carbonyl (C=O) groups excluding carboxylic acids is 2. The fourth-order valence-corrected chi connectivity index (χ4v) is 4.54. The van der Waals surface area contributed by atoms with Crippen molar-refractivity contribution in [1.29, 1.82) is 0 Å². The fraction of sp³-hybridized carbons (Fsp3) is 0.417. The number of amides is 2. The molecule has 0 aromatic heterocycles. The van der Waals surface area contributed by atoms with E-state index in [9.17, 15) is 18.0 Å². The van der Waals surface area contributed by atoms with Crippen molar-refractivity contribution in [3.8, 4) is 0 Å². The summed E-state index contributed by atoms with van der Waals surface area (Å²) in [5.41, 5.74) is 0.959. The van der Waals surface area contributed by atoms with Crippen LogP contribution in [-0.2, 0) is 26.2 Å². The summed E-state index contributed by atoms with van der Waals surface area (Å²) >= 11 is 12.3. The highest BCUT2D eigenvalue weighted by atomic mass is 35.5. The van der Waals surface area contributed by atoms with Gasteiger partial charge in [-0.15, -0.1) is 0 Å². The van der Waals surface area contributed by atoms with Crippen LogP contribution < -0.4 is 9.62 Å². The topological polar surface area (TPSA) is 86.8 Å². The van der Waals surface area contributed by atoms with Crippen LogP contribution in [0.15, 0.2) is 48.5 Å². The van der Waals surface area contributed by atoms with Gasteiger partial charge in [-0.25, -0.2) is 8.42 Å². The number of nitrogens with zero attached hydrogens (tertiary/aromatic N) is 2. The second kappa shape index (κ2) is 12.4. The summed E-state index contributed by atoms with van der Waals surface area (Å²) in [5.74, 6) is -0.583. The van der Waals surface area contributed by atoms with Crippen LogP contribution in [0.1, 0.15) is 32.8 Å². The van der Waals surface area contributed by atoms with E-state index in [1.165, 1.54) is 17.0 Å². The molecule has 2 aromatic rings. The summed E-state index contributed by atoms with van der Waals surface area (Å²) in [6, 6.07) is 12.4. The van der Waals surface area contributed by atoms with Crippen LogP contribution in [0.3, 0.4) is 0 Å². The lowest BCUT2D eigenvalue weighted by atomic mass is 10.1. The van der Waals surface area contributed by atoms with Crippen molar-refractivity contribution < 1.29 is 18.0 Å². The minimum atomic E-state index is -3.80. The van der Waals surface area contributed by atoms with Gasteiger partial charge in [-0.05, 0) is 48.2 Å². The maximum Gasteiger partial charge on any atom is 0.244 e. The molecule has 2 rings (SSSR count). The fourth-order valence-electron chi connectivity index (χ4n) is 3.37. The third-order valence-electron chi connectivity index (χ3n) is 5.16. The van der Waals surface area contributed by atoms with E-state index in [4.69, 9.17) is 23.2 Å². The molecule has 0 aliphatic carbocycles. The smallest absolute Gasteiger partial charge is 0.244 e.